The van der Waals surface area contributed by atoms with Gasteiger partial charge in [0.1, 0.15) is 0 Å². The van der Waals surface area contributed by atoms with E-state index in [-0.39, 0.29) is 18.8 Å². The van der Waals surface area contributed by atoms with Gasteiger partial charge in [-0.05, 0) is 13.8 Å². The molecule has 0 spiro atoms. The molecular formula is C10H18N4O3S. The lowest BCUT2D eigenvalue weighted by Crippen LogP contribution is -2.51. The van der Waals surface area contributed by atoms with Crippen LogP contribution >= 0.6 is 0 Å². The number of hydrogen-bond acceptors (Lipinski definition) is 4. The van der Waals surface area contributed by atoms with Crippen molar-refractivity contribution in [2.24, 2.45) is 0 Å². The topological polar surface area (TPSA) is 87.3 Å². The first-order valence-corrected chi connectivity index (χ1v) is 7.29. The van der Waals surface area contributed by atoms with Gasteiger partial charge in [-0.25, -0.2) is 0 Å². The van der Waals surface area contributed by atoms with Gasteiger partial charge in [-0.15, -0.1) is 0 Å². The van der Waals surface area contributed by atoms with E-state index in [4.69, 9.17) is 4.74 Å². The Morgan fingerprint density at radius 2 is 2.17 bits per heavy atom. The zero-order valence-electron chi connectivity index (χ0n) is 10.5. The second-order valence-corrected chi connectivity index (χ2v) is 6.26. The number of nitrogens with one attached hydrogen (secondary N) is 2. The van der Waals surface area contributed by atoms with Crippen LogP contribution in [-0.2, 0) is 21.5 Å². The van der Waals surface area contributed by atoms with Gasteiger partial charge in [0.15, 0.2) is 0 Å². The van der Waals surface area contributed by atoms with Crippen molar-refractivity contribution in [2.45, 2.75) is 32.6 Å². The third kappa shape index (κ3) is 3.29. The van der Waals surface area contributed by atoms with Crippen LogP contribution in [-0.4, -0.2) is 48.2 Å². The highest BCUT2D eigenvalue weighted by Crippen LogP contribution is 2.13. The predicted octanol–water partition coefficient (Wildman–Crippen LogP) is -0.147. The molecule has 7 nitrogen and oxygen atoms in total. The van der Waals surface area contributed by atoms with Crippen molar-refractivity contribution >= 4 is 10.2 Å². The number of morpholine rings is 1. The molecule has 18 heavy (non-hydrogen) atoms. The van der Waals surface area contributed by atoms with Crippen molar-refractivity contribution in [3.63, 3.8) is 0 Å². The number of H-pyrrole nitrogens is 1. The summed E-state index contributed by atoms with van der Waals surface area (Å²) in [4.78, 5) is 0. The first-order chi connectivity index (χ1) is 8.47. The van der Waals surface area contributed by atoms with E-state index < -0.39 is 10.2 Å². The number of rotatable bonds is 4. The fraction of sp³-hybridized carbons (Fsp3) is 0.700. The van der Waals surface area contributed by atoms with Crippen LogP contribution in [0.5, 0.6) is 0 Å². The Balaban J connectivity index is 1.97. The number of aromatic amines is 1. The van der Waals surface area contributed by atoms with Crippen LogP contribution < -0.4 is 4.72 Å². The van der Waals surface area contributed by atoms with Gasteiger partial charge in [0.25, 0.3) is 10.2 Å². The third-order valence-electron chi connectivity index (χ3n) is 2.74. The maximum absolute atomic E-state index is 12.1. The average Bonchev–Trinajstić information content (AvgIpc) is 2.78. The van der Waals surface area contributed by atoms with Gasteiger partial charge in [0.2, 0.25) is 0 Å². The molecule has 102 valence electrons. The second-order valence-electron chi connectivity index (χ2n) is 4.51. The second kappa shape index (κ2) is 5.35. The summed E-state index contributed by atoms with van der Waals surface area (Å²) in [7, 11) is -3.46. The monoisotopic (exact) mass is 274 g/mol. The van der Waals surface area contributed by atoms with Crippen LogP contribution in [0.3, 0.4) is 0 Å². The van der Waals surface area contributed by atoms with Crippen molar-refractivity contribution in [3.8, 4) is 0 Å². The molecule has 2 atom stereocenters. The predicted molar refractivity (Wildman–Crippen MR) is 65.9 cm³/mol. The van der Waals surface area contributed by atoms with Crippen molar-refractivity contribution in [3.05, 3.63) is 18.0 Å². The Kier molecular flexibility index (Phi) is 4.00. The lowest BCUT2D eigenvalue weighted by Gasteiger charge is -2.34. The van der Waals surface area contributed by atoms with E-state index in [1.165, 1.54) is 4.31 Å². The molecule has 2 rings (SSSR count). The fourth-order valence-electron chi connectivity index (χ4n) is 1.97. The van der Waals surface area contributed by atoms with E-state index in [0.717, 1.165) is 5.56 Å². The molecule has 0 radical (unpaired) electrons. The Hall–Kier alpha value is -0.960. The molecule has 1 aliphatic rings. The van der Waals surface area contributed by atoms with E-state index >= 15 is 0 Å². The molecule has 1 saturated heterocycles. The van der Waals surface area contributed by atoms with Crippen LogP contribution in [0.25, 0.3) is 0 Å². The van der Waals surface area contributed by atoms with Crippen LogP contribution in [0.1, 0.15) is 19.4 Å². The summed E-state index contributed by atoms with van der Waals surface area (Å²) < 4.78 is 33.7. The minimum atomic E-state index is -3.46. The van der Waals surface area contributed by atoms with Crippen LogP contribution in [0.2, 0.25) is 0 Å². The molecule has 2 unspecified atom stereocenters. The summed E-state index contributed by atoms with van der Waals surface area (Å²) in [5.74, 6) is 0. The molecule has 0 amide bonds. The molecule has 1 aromatic rings. The normalized spacial score (nSPS) is 26.3. The molecule has 0 bridgehead atoms. The smallest absolute Gasteiger partial charge is 0.279 e. The maximum Gasteiger partial charge on any atom is 0.279 e. The van der Waals surface area contributed by atoms with Gasteiger partial charge in [-0.1, -0.05) is 0 Å². The quantitative estimate of drug-likeness (QED) is 0.799. The molecular weight excluding hydrogens is 256 g/mol. The molecule has 2 N–H and O–H groups in total. The molecule has 8 heteroatoms. The van der Waals surface area contributed by atoms with Crippen LogP contribution in [0.15, 0.2) is 12.4 Å². The lowest BCUT2D eigenvalue weighted by molar-refractivity contribution is -0.0444. The van der Waals surface area contributed by atoms with Crippen molar-refractivity contribution in [2.75, 3.05) is 13.1 Å². The Labute approximate surface area is 107 Å². The molecule has 0 aliphatic carbocycles. The molecule has 0 aromatic carbocycles. The van der Waals surface area contributed by atoms with Gasteiger partial charge in [0, 0.05) is 31.4 Å². The highest BCUT2D eigenvalue weighted by molar-refractivity contribution is 7.87. The first kappa shape index (κ1) is 13.5. The highest BCUT2D eigenvalue weighted by atomic mass is 32.2. The zero-order chi connectivity index (χ0) is 13.2. The lowest BCUT2D eigenvalue weighted by atomic mass is 10.3. The largest absolute Gasteiger partial charge is 0.373 e. The number of hydrogen-bond donors (Lipinski definition) is 2. The summed E-state index contributed by atoms with van der Waals surface area (Å²) in [6, 6.07) is 0. The van der Waals surface area contributed by atoms with Gasteiger partial charge in [-0.2, -0.15) is 22.5 Å². The standard InChI is InChI=1S/C10H18N4O3S/c1-8-6-14(7-9(2)17-8)18(15,16)13-5-10-3-11-12-4-10/h3-4,8-9,13H,5-7H2,1-2H3,(H,11,12). The number of aromatic nitrogens is 2. The minimum absolute atomic E-state index is 0.0840. The number of ether oxygens (including phenoxy) is 1. The summed E-state index contributed by atoms with van der Waals surface area (Å²) in [5.41, 5.74) is 0.799. The highest BCUT2D eigenvalue weighted by Gasteiger charge is 2.30. The van der Waals surface area contributed by atoms with E-state index in [2.05, 4.69) is 14.9 Å². The molecule has 0 saturated carbocycles. The van der Waals surface area contributed by atoms with Gasteiger partial charge in [-0.3, -0.25) is 5.10 Å². The summed E-state index contributed by atoms with van der Waals surface area (Å²) in [6.45, 7) is 4.73. The maximum atomic E-state index is 12.1. The minimum Gasteiger partial charge on any atom is -0.373 e. The van der Waals surface area contributed by atoms with Crippen molar-refractivity contribution < 1.29 is 13.2 Å². The summed E-state index contributed by atoms with van der Waals surface area (Å²) >= 11 is 0. The van der Waals surface area contributed by atoms with Crippen molar-refractivity contribution in [1.29, 1.82) is 0 Å². The van der Waals surface area contributed by atoms with E-state index in [1.54, 1.807) is 12.4 Å². The summed E-state index contributed by atoms with van der Waals surface area (Å²) in [5, 5.41) is 6.41. The average molecular weight is 274 g/mol. The SMILES string of the molecule is CC1CN(S(=O)(=O)NCc2cn[nH]c2)CC(C)O1. The molecule has 1 aromatic heterocycles. The van der Waals surface area contributed by atoms with Gasteiger partial charge >= 0.3 is 0 Å². The van der Waals surface area contributed by atoms with Gasteiger partial charge < -0.3 is 4.74 Å². The van der Waals surface area contributed by atoms with E-state index in [9.17, 15) is 8.42 Å². The van der Waals surface area contributed by atoms with E-state index in [0.29, 0.717) is 13.1 Å². The van der Waals surface area contributed by atoms with Crippen LogP contribution in [0, 0.1) is 0 Å². The first-order valence-electron chi connectivity index (χ1n) is 5.85. The zero-order valence-corrected chi connectivity index (χ0v) is 11.3. The molecule has 2 heterocycles. The van der Waals surface area contributed by atoms with E-state index in [1.807, 2.05) is 13.8 Å². The van der Waals surface area contributed by atoms with Gasteiger partial charge in [0.05, 0.1) is 18.4 Å². The Morgan fingerprint density at radius 3 is 2.72 bits per heavy atom. The number of nitrogens with zero attached hydrogens (tertiary/aromatic N) is 2. The van der Waals surface area contributed by atoms with Crippen LogP contribution in [0.4, 0.5) is 0 Å². The Bertz CT molecular complexity index is 463. The molecule has 1 aliphatic heterocycles. The molecule has 1 fully saturated rings. The Morgan fingerprint density at radius 1 is 1.50 bits per heavy atom. The fourth-order valence-corrected chi connectivity index (χ4v) is 3.31. The summed E-state index contributed by atoms with van der Waals surface area (Å²) in [6.07, 6.45) is 3.08. The van der Waals surface area contributed by atoms with Crippen molar-refractivity contribution in [1.82, 2.24) is 19.2 Å². The third-order valence-corrected chi connectivity index (χ3v) is 4.23.